The standard InChI is InChI=1S/C24H30N2O2/c1-3-14(13-27)9-22(28)16-10-18-17-5-4-6-20-23(17)19(11-21(18)26(2)12-16)24(25-20)15-7-8-15/h4-6,10,14-16,21,25,27H,3,7-9,11-13H2,1-2H3/t14?,16?,21-/m1/s1. The summed E-state index contributed by atoms with van der Waals surface area (Å²) in [5.74, 6) is 0.995. The molecule has 0 spiro atoms. The van der Waals surface area contributed by atoms with E-state index in [1.165, 1.54) is 46.1 Å². The molecular weight excluding hydrogens is 348 g/mol. The zero-order valence-electron chi connectivity index (χ0n) is 16.9. The fourth-order valence-electron chi connectivity index (χ4n) is 5.26. The van der Waals surface area contributed by atoms with E-state index in [-0.39, 0.29) is 24.2 Å². The Labute approximate surface area is 166 Å². The number of aliphatic hydroxyl groups excluding tert-OH is 1. The first-order valence-electron chi connectivity index (χ1n) is 10.8. The molecule has 2 unspecified atom stereocenters. The van der Waals surface area contributed by atoms with Crippen LogP contribution in [0, 0.1) is 11.8 Å². The van der Waals surface area contributed by atoms with Gasteiger partial charge in [0, 0.05) is 48.1 Å². The van der Waals surface area contributed by atoms with Crippen molar-refractivity contribution < 1.29 is 9.90 Å². The van der Waals surface area contributed by atoms with Crippen molar-refractivity contribution in [3.63, 3.8) is 0 Å². The Hall–Kier alpha value is -1.91. The number of aromatic amines is 1. The molecule has 4 nitrogen and oxygen atoms in total. The van der Waals surface area contributed by atoms with Crippen molar-refractivity contribution in [1.29, 1.82) is 0 Å². The zero-order chi connectivity index (χ0) is 19.4. The Kier molecular flexibility index (Phi) is 4.44. The van der Waals surface area contributed by atoms with Gasteiger partial charge < -0.3 is 10.1 Å². The summed E-state index contributed by atoms with van der Waals surface area (Å²) >= 11 is 0. The van der Waals surface area contributed by atoms with Crippen LogP contribution in [0.3, 0.4) is 0 Å². The molecule has 3 atom stereocenters. The first-order valence-corrected chi connectivity index (χ1v) is 10.8. The lowest BCUT2D eigenvalue weighted by Gasteiger charge is -2.40. The van der Waals surface area contributed by atoms with E-state index >= 15 is 0 Å². The van der Waals surface area contributed by atoms with Crippen LogP contribution in [0.2, 0.25) is 0 Å². The van der Waals surface area contributed by atoms with E-state index in [4.69, 9.17) is 0 Å². The minimum absolute atomic E-state index is 0.0736. The number of hydrogen-bond donors (Lipinski definition) is 2. The minimum atomic E-state index is -0.0736. The highest BCUT2D eigenvalue weighted by molar-refractivity contribution is 6.00. The van der Waals surface area contributed by atoms with Crippen LogP contribution in [-0.2, 0) is 11.2 Å². The predicted molar refractivity (Wildman–Crippen MR) is 112 cm³/mol. The van der Waals surface area contributed by atoms with Crippen molar-refractivity contribution in [2.75, 3.05) is 20.2 Å². The lowest BCUT2D eigenvalue weighted by Crippen LogP contribution is -2.44. The maximum atomic E-state index is 12.9. The van der Waals surface area contributed by atoms with Crippen molar-refractivity contribution in [3.8, 4) is 0 Å². The highest BCUT2D eigenvalue weighted by atomic mass is 16.3. The molecule has 0 radical (unpaired) electrons. The third-order valence-electron chi connectivity index (χ3n) is 7.15. The molecule has 4 heteroatoms. The van der Waals surface area contributed by atoms with Gasteiger partial charge in [0.1, 0.15) is 5.78 Å². The molecule has 2 aromatic rings. The Morgan fingerprint density at radius 2 is 2.18 bits per heavy atom. The molecule has 1 saturated carbocycles. The van der Waals surface area contributed by atoms with Gasteiger partial charge in [-0.05, 0) is 60.9 Å². The van der Waals surface area contributed by atoms with Crippen molar-refractivity contribution in [1.82, 2.24) is 9.88 Å². The van der Waals surface area contributed by atoms with E-state index in [0.29, 0.717) is 18.4 Å². The third-order valence-corrected chi connectivity index (χ3v) is 7.15. The number of carbonyl (C=O) groups excluding carboxylic acids is 1. The first kappa shape index (κ1) is 18.1. The molecule has 2 N–H and O–H groups in total. The largest absolute Gasteiger partial charge is 0.396 e. The number of Topliss-reactive ketones (excluding diaryl/α,β-unsaturated/α-hetero) is 1. The molecule has 3 aliphatic rings. The summed E-state index contributed by atoms with van der Waals surface area (Å²) in [6.07, 6.45) is 7.22. The van der Waals surface area contributed by atoms with Gasteiger partial charge in [0.15, 0.2) is 0 Å². The maximum Gasteiger partial charge on any atom is 0.141 e. The second kappa shape index (κ2) is 6.85. The van der Waals surface area contributed by atoms with Crippen LogP contribution in [0.1, 0.15) is 55.3 Å². The fraction of sp³-hybridized carbons (Fsp3) is 0.542. The number of H-pyrrole nitrogens is 1. The number of ketones is 1. The summed E-state index contributed by atoms with van der Waals surface area (Å²) in [6.45, 7) is 2.92. The zero-order valence-corrected chi connectivity index (χ0v) is 16.9. The topological polar surface area (TPSA) is 56.3 Å². The van der Waals surface area contributed by atoms with E-state index in [0.717, 1.165) is 19.4 Å². The molecular formula is C24H30N2O2. The average Bonchev–Trinajstić information content (AvgIpc) is 3.49. The number of aromatic nitrogens is 1. The molecule has 0 bridgehead atoms. The number of hydrogen-bond acceptors (Lipinski definition) is 3. The molecule has 2 heterocycles. The Bertz CT molecular complexity index is 949. The van der Waals surface area contributed by atoms with Crippen LogP contribution < -0.4 is 0 Å². The SMILES string of the molecule is CCC(CO)CC(=O)C1C=C2c3cccc4[nH]c(C5CC5)c(c34)C[C@H]2N(C)C1. The van der Waals surface area contributed by atoms with E-state index in [2.05, 4.69) is 41.2 Å². The van der Waals surface area contributed by atoms with Crippen LogP contribution in [0.25, 0.3) is 16.5 Å². The average molecular weight is 379 g/mol. The third kappa shape index (κ3) is 2.85. The highest BCUT2D eigenvalue weighted by Crippen LogP contribution is 2.48. The number of carbonyl (C=O) groups is 1. The number of nitrogens with one attached hydrogen (secondary N) is 1. The van der Waals surface area contributed by atoms with Gasteiger partial charge in [-0.1, -0.05) is 31.6 Å². The molecule has 148 valence electrons. The summed E-state index contributed by atoms with van der Waals surface area (Å²) in [5, 5.41) is 10.9. The summed E-state index contributed by atoms with van der Waals surface area (Å²) in [6, 6.07) is 6.92. The van der Waals surface area contributed by atoms with Crippen LogP contribution in [0.15, 0.2) is 24.3 Å². The molecule has 1 aromatic heterocycles. The van der Waals surface area contributed by atoms with Crippen molar-refractivity contribution >= 4 is 22.3 Å². The lowest BCUT2D eigenvalue weighted by molar-refractivity contribution is -0.123. The molecule has 1 aromatic carbocycles. The van der Waals surface area contributed by atoms with Gasteiger partial charge in [0.25, 0.3) is 0 Å². The van der Waals surface area contributed by atoms with Crippen LogP contribution in [0.4, 0.5) is 0 Å². The quantitative estimate of drug-likeness (QED) is 0.802. The van der Waals surface area contributed by atoms with Gasteiger partial charge in [0.05, 0.1) is 0 Å². The Balaban J connectivity index is 1.55. The Morgan fingerprint density at radius 3 is 2.89 bits per heavy atom. The van der Waals surface area contributed by atoms with Gasteiger partial charge in [-0.15, -0.1) is 0 Å². The van der Waals surface area contributed by atoms with Crippen LogP contribution >= 0.6 is 0 Å². The second-order valence-electron chi connectivity index (χ2n) is 9.03. The number of rotatable bonds is 6. The Morgan fingerprint density at radius 1 is 1.36 bits per heavy atom. The smallest absolute Gasteiger partial charge is 0.141 e. The monoisotopic (exact) mass is 378 g/mol. The fourth-order valence-corrected chi connectivity index (χ4v) is 5.26. The molecule has 0 saturated heterocycles. The van der Waals surface area contributed by atoms with Crippen molar-refractivity contribution in [2.24, 2.45) is 11.8 Å². The molecule has 5 rings (SSSR count). The number of fused-ring (bicyclic) bond motifs is 2. The first-order chi connectivity index (χ1) is 13.6. The number of likely N-dealkylation sites (N-methyl/N-ethyl adjacent to an activating group) is 1. The van der Waals surface area contributed by atoms with E-state index < -0.39 is 0 Å². The number of aliphatic hydroxyl groups is 1. The molecule has 1 fully saturated rings. The summed E-state index contributed by atoms with van der Waals surface area (Å²) in [7, 11) is 2.16. The van der Waals surface area contributed by atoms with Gasteiger partial charge in [0.2, 0.25) is 0 Å². The number of benzene rings is 1. The van der Waals surface area contributed by atoms with Gasteiger partial charge in [-0.3, -0.25) is 9.69 Å². The van der Waals surface area contributed by atoms with Gasteiger partial charge >= 0.3 is 0 Å². The van der Waals surface area contributed by atoms with Crippen LogP contribution in [-0.4, -0.2) is 47.0 Å². The summed E-state index contributed by atoms with van der Waals surface area (Å²) < 4.78 is 0. The predicted octanol–water partition coefficient (Wildman–Crippen LogP) is 3.89. The normalized spacial score (nSPS) is 25.5. The molecule has 0 amide bonds. The lowest BCUT2D eigenvalue weighted by atomic mass is 9.77. The van der Waals surface area contributed by atoms with E-state index in [1.54, 1.807) is 0 Å². The molecule has 28 heavy (non-hydrogen) atoms. The molecule has 2 aliphatic carbocycles. The maximum absolute atomic E-state index is 12.9. The van der Waals surface area contributed by atoms with Crippen molar-refractivity contribution in [2.45, 2.75) is 51.0 Å². The van der Waals surface area contributed by atoms with E-state index in [9.17, 15) is 9.90 Å². The second-order valence-corrected chi connectivity index (χ2v) is 9.03. The number of nitrogens with zero attached hydrogens (tertiary/aromatic N) is 1. The van der Waals surface area contributed by atoms with Gasteiger partial charge in [-0.2, -0.15) is 0 Å². The van der Waals surface area contributed by atoms with Gasteiger partial charge in [-0.25, -0.2) is 0 Å². The molecule has 1 aliphatic heterocycles. The summed E-state index contributed by atoms with van der Waals surface area (Å²) in [5.41, 5.74) is 6.85. The highest BCUT2D eigenvalue weighted by Gasteiger charge is 2.38. The summed E-state index contributed by atoms with van der Waals surface area (Å²) in [4.78, 5) is 19.0. The van der Waals surface area contributed by atoms with Crippen LogP contribution in [0.5, 0.6) is 0 Å². The van der Waals surface area contributed by atoms with E-state index in [1.807, 2.05) is 6.92 Å². The minimum Gasteiger partial charge on any atom is -0.396 e. The van der Waals surface area contributed by atoms with Crippen molar-refractivity contribution in [3.05, 3.63) is 41.1 Å².